The number of carbonyl (C=O) groups excluding carboxylic acids is 1. The van der Waals surface area contributed by atoms with E-state index < -0.39 is 5.97 Å². The van der Waals surface area contributed by atoms with Crippen LogP contribution in [0.2, 0.25) is 0 Å². The van der Waals surface area contributed by atoms with E-state index in [-0.39, 0.29) is 18.7 Å². The molecule has 0 aromatic rings. The lowest BCUT2D eigenvalue weighted by Gasteiger charge is -2.31. The summed E-state index contributed by atoms with van der Waals surface area (Å²) in [6, 6.07) is -0.0545. The van der Waals surface area contributed by atoms with Crippen LogP contribution in [0.4, 0.5) is 4.79 Å². The van der Waals surface area contributed by atoms with Gasteiger partial charge in [0.2, 0.25) is 0 Å². The van der Waals surface area contributed by atoms with E-state index in [4.69, 9.17) is 9.84 Å². The van der Waals surface area contributed by atoms with Crippen LogP contribution in [0.5, 0.6) is 0 Å². The molecular weight excluding hydrogens is 248 g/mol. The maximum absolute atomic E-state index is 11.8. The van der Waals surface area contributed by atoms with Gasteiger partial charge in [0.25, 0.3) is 0 Å². The van der Waals surface area contributed by atoms with Gasteiger partial charge < -0.3 is 20.1 Å². The normalized spacial score (nSPS) is 16.8. The molecule has 0 aromatic carbocycles. The molecule has 108 valence electrons. The van der Waals surface area contributed by atoms with Crippen molar-refractivity contribution in [3.05, 3.63) is 12.2 Å². The molecule has 0 aliphatic carbocycles. The maximum atomic E-state index is 11.8. The van der Waals surface area contributed by atoms with E-state index in [1.807, 2.05) is 19.1 Å². The summed E-state index contributed by atoms with van der Waals surface area (Å²) in [7, 11) is 0. The van der Waals surface area contributed by atoms with Crippen molar-refractivity contribution < 1.29 is 19.4 Å². The molecular formula is C13H22N2O4. The van der Waals surface area contributed by atoms with Crippen molar-refractivity contribution in [2.24, 2.45) is 0 Å². The number of rotatable bonds is 6. The van der Waals surface area contributed by atoms with Crippen LogP contribution in [0.1, 0.15) is 26.2 Å². The van der Waals surface area contributed by atoms with Crippen molar-refractivity contribution in [2.45, 2.75) is 32.3 Å². The lowest BCUT2D eigenvalue weighted by atomic mass is 10.1. The summed E-state index contributed by atoms with van der Waals surface area (Å²) in [5.41, 5.74) is 0. The molecule has 0 unspecified atom stereocenters. The Morgan fingerprint density at radius 2 is 2.11 bits per heavy atom. The predicted molar refractivity (Wildman–Crippen MR) is 71.0 cm³/mol. The summed E-state index contributed by atoms with van der Waals surface area (Å²) in [4.78, 5) is 23.9. The van der Waals surface area contributed by atoms with Gasteiger partial charge in [-0.05, 0) is 26.2 Å². The third-order valence-electron chi connectivity index (χ3n) is 2.99. The van der Waals surface area contributed by atoms with Crippen LogP contribution in [0.3, 0.4) is 0 Å². The van der Waals surface area contributed by atoms with E-state index in [1.165, 1.54) is 0 Å². The number of piperidine rings is 1. The second kappa shape index (κ2) is 8.53. The minimum atomic E-state index is -0.954. The van der Waals surface area contributed by atoms with Crippen LogP contribution < -0.4 is 5.32 Å². The van der Waals surface area contributed by atoms with E-state index in [9.17, 15) is 9.59 Å². The number of carboxylic acids is 1. The van der Waals surface area contributed by atoms with Crippen molar-refractivity contribution in [1.82, 2.24) is 10.2 Å². The molecule has 1 rings (SSSR count). The minimum Gasteiger partial charge on any atom is -0.480 e. The number of carbonyl (C=O) groups is 2. The van der Waals surface area contributed by atoms with Gasteiger partial charge in [0.05, 0.1) is 6.10 Å². The summed E-state index contributed by atoms with van der Waals surface area (Å²) in [5, 5.41) is 11.4. The molecule has 1 saturated heterocycles. The monoisotopic (exact) mass is 270 g/mol. The van der Waals surface area contributed by atoms with Crippen LogP contribution in [-0.4, -0.2) is 54.4 Å². The van der Waals surface area contributed by atoms with Crippen LogP contribution in [0, 0.1) is 0 Å². The van der Waals surface area contributed by atoms with Gasteiger partial charge >= 0.3 is 12.0 Å². The smallest absolute Gasteiger partial charge is 0.329 e. The van der Waals surface area contributed by atoms with E-state index in [2.05, 4.69) is 5.32 Å². The standard InChI is InChI=1S/C13H22N2O4/c1-2-3-4-7-14-13(18)15-8-5-11(6-9-15)19-10-12(16)17/h2-3,11H,4-10H2,1H3,(H,14,18)(H,16,17)/b3-2+. The third kappa shape index (κ3) is 6.24. The van der Waals surface area contributed by atoms with Crippen LogP contribution >= 0.6 is 0 Å². The molecule has 0 atom stereocenters. The Morgan fingerprint density at radius 3 is 2.68 bits per heavy atom. The summed E-state index contributed by atoms with van der Waals surface area (Å²) in [6.45, 7) is 3.54. The molecule has 1 heterocycles. The summed E-state index contributed by atoms with van der Waals surface area (Å²) < 4.78 is 5.22. The van der Waals surface area contributed by atoms with Crippen molar-refractivity contribution in [3.8, 4) is 0 Å². The van der Waals surface area contributed by atoms with Gasteiger partial charge in [-0.15, -0.1) is 0 Å². The highest BCUT2D eigenvalue weighted by molar-refractivity contribution is 5.74. The molecule has 6 nitrogen and oxygen atoms in total. The summed E-state index contributed by atoms with van der Waals surface area (Å²) in [5.74, 6) is -0.954. The van der Waals surface area contributed by atoms with Gasteiger partial charge in [-0.1, -0.05) is 12.2 Å². The van der Waals surface area contributed by atoms with E-state index in [1.54, 1.807) is 4.90 Å². The van der Waals surface area contributed by atoms with E-state index in [0.717, 1.165) is 6.42 Å². The summed E-state index contributed by atoms with van der Waals surface area (Å²) in [6.07, 6.45) is 6.12. The first-order valence-electron chi connectivity index (χ1n) is 6.60. The van der Waals surface area contributed by atoms with Crippen LogP contribution in [0.15, 0.2) is 12.2 Å². The first-order valence-corrected chi connectivity index (χ1v) is 6.60. The van der Waals surface area contributed by atoms with Crippen LogP contribution in [0.25, 0.3) is 0 Å². The number of urea groups is 1. The Kier molecular flexibility index (Phi) is 6.95. The Morgan fingerprint density at radius 1 is 1.42 bits per heavy atom. The molecule has 1 aliphatic rings. The van der Waals surface area contributed by atoms with E-state index in [0.29, 0.717) is 32.5 Å². The average Bonchev–Trinajstić information content (AvgIpc) is 2.41. The van der Waals surface area contributed by atoms with Gasteiger partial charge in [-0.2, -0.15) is 0 Å². The zero-order valence-electron chi connectivity index (χ0n) is 11.3. The van der Waals surface area contributed by atoms with Gasteiger partial charge in [-0.3, -0.25) is 0 Å². The Balaban J connectivity index is 2.17. The fourth-order valence-electron chi connectivity index (χ4n) is 1.96. The Labute approximate surface area is 113 Å². The number of hydrogen-bond donors (Lipinski definition) is 2. The summed E-state index contributed by atoms with van der Waals surface area (Å²) >= 11 is 0. The van der Waals surface area contributed by atoms with Crippen molar-refractivity contribution in [3.63, 3.8) is 0 Å². The molecule has 2 N–H and O–H groups in total. The molecule has 0 radical (unpaired) electrons. The molecule has 6 heteroatoms. The van der Waals surface area contributed by atoms with Gasteiger partial charge in [-0.25, -0.2) is 9.59 Å². The molecule has 2 amide bonds. The van der Waals surface area contributed by atoms with Crippen LogP contribution in [-0.2, 0) is 9.53 Å². The number of carboxylic acid groups (broad SMARTS) is 1. The van der Waals surface area contributed by atoms with Gasteiger partial charge in [0, 0.05) is 19.6 Å². The SMILES string of the molecule is C/C=C/CCNC(=O)N1CCC(OCC(=O)O)CC1. The largest absolute Gasteiger partial charge is 0.480 e. The minimum absolute atomic E-state index is 0.0526. The zero-order valence-corrected chi connectivity index (χ0v) is 11.3. The third-order valence-corrected chi connectivity index (χ3v) is 2.99. The first kappa shape index (κ1) is 15.5. The Bertz CT molecular complexity index is 323. The molecule has 1 aliphatic heterocycles. The number of aliphatic carboxylic acids is 1. The number of likely N-dealkylation sites (tertiary alicyclic amines) is 1. The highest BCUT2D eigenvalue weighted by atomic mass is 16.5. The van der Waals surface area contributed by atoms with E-state index >= 15 is 0 Å². The number of nitrogens with zero attached hydrogens (tertiary/aromatic N) is 1. The number of ether oxygens (including phenoxy) is 1. The quantitative estimate of drug-likeness (QED) is 0.562. The van der Waals surface area contributed by atoms with Gasteiger partial charge in [0.1, 0.15) is 6.61 Å². The lowest BCUT2D eigenvalue weighted by Crippen LogP contribution is -2.46. The lowest BCUT2D eigenvalue weighted by molar-refractivity contribution is -0.145. The molecule has 0 aromatic heterocycles. The van der Waals surface area contributed by atoms with Crippen molar-refractivity contribution in [2.75, 3.05) is 26.2 Å². The second-order valence-corrected chi connectivity index (χ2v) is 4.48. The fourth-order valence-corrected chi connectivity index (χ4v) is 1.96. The number of allylic oxidation sites excluding steroid dienone is 1. The second-order valence-electron chi connectivity index (χ2n) is 4.48. The molecule has 1 fully saturated rings. The van der Waals surface area contributed by atoms with Gasteiger partial charge in [0.15, 0.2) is 0 Å². The topological polar surface area (TPSA) is 78.9 Å². The highest BCUT2D eigenvalue weighted by Gasteiger charge is 2.23. The van der Waals surface area contributed by atoms with Crippen molar-refractivity contribution >= 4 is 12.0 Å². The molecule has 0 bridgehead atoms. The number of nitrogens with one attached hydrogen (secondary N) is 1. The number of hydrogen-bond acceptors (Lipinski definition) is 3. The zero-order chi connectivity index (χ0) is 14.1. The van der Waals surface area contributed by atoms with Crippen molar-refractivity contribution in [1.29, 1.82) is 0 Å². The highest BCUT2D eigenvalue weighted by Crippen LogP contribution is 2.13. The Hall–Kier alpha value is -1.56. The number of amides is 2. The predicted octanol–water partition coefficient (Wildman–Crippen LogP) is 1.23. The molecule has 0 spiro atoms. The maximum Gasteiger partial charge on any atom is 0.329 e. The average molecular weight is 270 g/mol. The first-order chi connectivity index (χ1) is 9.13. The fraction of sp³-hybridized carbons (Fsp3) is 0.692. The molecule has 19 heavy (non-hydrogen) atoms. The molecule has 0 saturated carbocycles.